The van der Waals surface area contributed by atoms with Crippen LogP contribution in [0.2, 0.25) is 0 Å². The van der Waals surface area contributed by atoms with Crippen LogP contribution in [0.3, 0.4) is 0 Å². The molecule has 0 spiro atoms. The van der Waals surface area contributed by atoms with Crippen LogP contribution in [0.25, 0.3) is 76.5 Å². The molecule has 0 fully saturated rings. The molecule has 40 heavy (non-hydrogen) atoms. The van der Waals surface area contributed by atoms with Gasteiger partial charge in [0.2, 0.25) is 0 Å². The number of hydrogen-bond acceptors (Lipinski definition) is 0. The minimum Gasteiger partial charge on any atom is -0.0622 e. The molecule has 0 amide bonds. The van der Waals surface area contributed by atoms with Crippen molar-refractivity contribution in [2.45, 2.75) is 0 Å². The third-order valence-electron chi connectivity index (χ3n) is 8.21. The van der Waals surface area contributed by atoms with Crippen LogP contribution < -0.4 is 0 Å². The summed E-state index contributed by atoms with van der Waals surface area (Å²) < 4.78 is 0. The van der Waals surface area contributed by atoms with Gasteiger partial charge in [-0.3, -0.25) is 0 Å². The van der Waals surface area contributed by atoms with Gasteiger partial charge in [0.1, 0.15) is 0 Å². The molecule has 8 aromatic carbocycles. The molecule has 0 bridgehead atoms. The Kier molecular flexibility index (Phi) is 5.24. The van der Waals surface area contributed by atoms with Crippen LogP contribution in [0.15, 0.2) is 158 Å². The van der Waals surface area contributed by atoms with E-state index in [4.69, 9.17) is 0 Å². The van der Waals surface area contributed by atoms with E-state index in [0.29, 0.717) is 0 Å². The van der Waals surface area contributed by atoms with Crippen LogP contribution >= 0.6 is 0 Å². The van der Waals surface area contributed by atoms with Crippen LogP contribution in [0.4, 0.5) is 0 Å². The van der Waals surface area contributed by atoms with Gasteiger partial charge in [0.05, 0.1) is 0 Å². The summed E-state index contributed by atoms with van der Waals surface area (Å²) in [5.74, 6) is 0. The Hall–Kier alpha value is -5.20. The maximum absolute atomic E-state index is 2.46. The number of fused-ring (bicyclic) bond motifs is 5. The molecule has 0 aliphatic heterocycles. The second-order valence-corrected chi connectivity index (χ2v) is 10.5. The SMILES string of the molecule is c1ccc(-c2c3ccccc3c(-c3ccccc3)c3cc4c(cc23)c(-c2ccccc2)cc2ccccc24)cc1. The van der Waals surface area contributed by atoms with Crippen molar-refractivity contribution in [3.63, 3.8) is 0 Å². The highest BCUT2D eigenvalue weighted by Gasteiger charge is 2.19. The maximum atomic E-state index is 2.46. The van der Waals surface area contributed by atoms with Crippen molar-refractivity contribution in [3.8, 4) is 33.4 Å². The quantitative estimate of drug-likeness (QED) is 0.165. The monoisotopic (exact) mass is 506 g/mol. The van der Waals surface area contributed by atoms with Crippen LogP contribution in [-0.2, 0) is 0 Å². The lowest BCUT2D eigenvalue weighted by Crippen LogP contribution is -1.92. The normalized spacial score (nSPS) is 11.5. The Morgan fingerprint density at radius 3 is 1.23 bits per heavy atom. The van der Waals surface area contributed by atoms with Gasteiger partial charge in [-0.2, -0.15) is 0 Å². The van der Waals surface area contributed by atoms with Crippen LogP contribution in [0.5, 0.6) is 0 Å². The highest BCUT2D eigenvalue weighted by molar-refractivity contribution is 6.26. The molecule has 0 radical (unpaired) electrons. The molecule has 8 rings (SSSR count). The largest absolute Gasteiger partial charge is 0.0622 e. The molecule has 186 valence electrons. The lowest BCUT2D eigenvalue weighted by atomic mass is 9.83. The van der Waals surface area contributed by atoms with E-state index >= 15 is 0 Å². The Bertz CT molecular complexity index is 2170. The second kappa shape index (κ2) is 9.22. The van der Waals surface area contributed by atoms with Crippen molar-refractivity contribution in [3.05, 3.63) is 158 Å². The van der Waals surface area contributed by atoms with Crippen LogP contribution in [0.1, 0.15) is 0 Å². The second-order valence-electron chi connectivity index (χ2n) is 10.5. The topological polar surface area (TPSA) is 0 Å². The summed E-state index contributed by atoms with van der Waals surface area (Å²) in [6.07, 6.45) is 0. The van der Waals surface area contributed by atoms with E-state index in [2.05, 4.69) is 158 Å². The fraction of sp³-hybridized carbons (Fsp3) is 0. The van der Waals surface area contributed by atoms with E-state index in [1.807, 2.05) is 0 Å². The number of hydrogen-bond donors (Lipinski definition) is 0. The Labute approximate surface area is 233 Å². The maximum Gasteiger partial charge on any atom is -0.00261 e. The molecular weight excluding hydrogens is 480 g/mol. The summed E-state index contributed by atoms with van der Waals surface area (Å²) in [6, 6.07) is 57.5. The summed E-state index contributed by atoms with van der Waals surface area (Å²) in [5, 5.41) is 10.2. The van der Waals surface area contributed by atoms with E-state index < -0.39 is 0 Å². The van der Waals surface area contributed by atoms with Gasteiger partial charge in [0.25, 0.3) is 0 Å². The lowest BCUT2D eigenvalue weighted by molar-refractivity contribution is 1.65. The van der Waals surface area contributed by atoms with Crippen LogP contribution in [0, 0.1) is 0 Å². The van der Waals surface area contributed by atoms with Crippen molar-refractivity contribution in [2.24, 2.45) is 0 Å². The summed E-state index contributed by atoms with van der Waals surface area (Å²) in [5.41, 5.74) is 7.57. The molecule has 0 unspecified atom stereocenters. The highest BCUT2D eigenvalue weighted by Crippen LogP contribution is 2.47. The molecule has 0 heterocycles. The van der Waals surface area contributed by atoms with Crippen LogP contribution in [-0.4, -0.2) is 0 Å². The van der Waals surface area contributed by atoms with Gasteiger partial charge in [0.15, 0.2) is 0 Å². The lowest BCUT2D eigenvalue weighted by Gasteiger charge is -2.20. The zero-order valence-electron chi connectivity index (χ0n) is 22.0. The van der Waals surface area contributed by atoms with Crippen molar-refractivity contribution in [1.82, 2.24) is 0 Å². The minimum atomic E-state index is 1.24. The van der Waals surface area contributed by atoms with Gasteiger partial charge in [0, 0.05) is 0 Å². The molecule has 0 atom stereocenters. The van der Waals surface area contributed by atoms with Gasteiger partial charge in [-0.25, -0.2) is 0 Å². The molecule has 0 aromatic heterocycles. The fourth-order valence-electron chi connectivity index (χ4n) is 6.46. The third kappa shape index (κ3) is 3.54. The summed E-state index contributed by atoms with van der Waals surface area (Å²) in [7, 11) is 0. The Morgan fingerprint density at radius 1 is 0.250 bits per heavy atom. The van der Waals surface area contributed by atoms with Gasteiger partial charge in [-0.05, 0) is 94.7 Å². The predicted molar refractivity (Wildman–Crippen MR) is 173 cm³/mol. The molecule has 8 aromatic rings. The fourth-order valence-corrected chi connectivity index (χ4v) is 6.46. The summed E-state index contributed by atoms with van der Waals surface area (Å²) in [4.78, 5) is 0. The molecule has 0 saturated carbocycles. The van der Waals surface area contributed by atoms with Crippen molar-refractivity contribution < 1.29 is 0 Å². The standard InChI is InChI=1S/C40H26/c1-4-14-27(15-5-1)34-24-30-20-10-11-21-31(30)35-25-37-38(26-36(34)35)40(29-18-8-3-9-19-29)33-23-13-12-22-32(33)39(37)28-16-6-2-7-17-28/h1-26H. The first-order chi connectivity index (χ1) is 19.9. The summed E-state index contributed by atoms with van der Waals surface area (Å²) in [6.45, 7) is 0. The highest BCUT2D eigenvalue weighted by atomic mass is 14.2. The first-order valence-electron chi connectivity index (χ1n) is 13.9. The summed E-state index contributed by atoms with van der Waals surface area (Å²) >= 11 is 0. The van der Waals surface area contributed by atoms with E-state index in [-0.39, 0.29) is 0 Å². The van der Waals surface area contributed by atoms with Crippen molar-refractivity contribution >= 4 is 43.1 Å². The molecule has 0 nitrogen and oxygen atoms in total. The molecule has 0 saturated heterocycles. The van der Waals surface area contributed by atoms with Crippen molar-refractivity contribution in [2.75, 3.05) is 0 Å². The van der Waals surface area contributed by atoms with E-state index in [1.54, 1.807) is 0 Å². The zero-order valence-corrected chi connectivity index (χ0v) is 22.0. The van der Waals surface area contributed by atoms with Gasteiger partial charge in [-0.1, -0.05) is 140 Å². The Balaban J connectivity index is 1.65. The molecule has 0 aliphatic carbocycles. The average Bonchev–Trinajstić information content (AvgIpc) is 3.03. The number of rotatable bonds is 3. The van der Waals surface area contributed by atoms with E-state index in [9.17, 15) is 0 Å². The minimum absolute atomic E-state index is 1.24. The van der Waals surface area contributed by atoms with Gasteiger partial charge < -0.3 is 0 Å². The predicted octanol–water partition coefficient (Wildman–Crippen LogP) is 11.3. The van der Waals surface area contributed by atoms with Crippen molar-refractivity contribution in [1.29, 1.82) is 0 Å². The molecule has 0 aliphatic rings. The molecule has 0 heteroatoms. The van der Waals surface area contributed by atoms with Gasteiger partial charge >= 0.3 is 0 Å². The molecular formula is C40H26. The van der Waals surface area contributed by atoms with Gasteiger partial charge in [-0.15, -0.1) is 0 Å². The van der Waals surface area contributed by atoms with E-state index in [0.717, 1.165) is 0 Å². The first-order valence-corrected chi connectivity index (χ1v) is 13.9. The zero-order chi connectivity index (χ0) is 26.5. The first kappa shape index (κ1) is 22.8. The smallest absolute Gasteiger partial charge is 0.00261 e. The molecule has 0 N–H and O–H groups in total. The third-order valence-corrected chi connectivity index (χ3v) is 8.21. The Morgan fingerprint density at radius 2 is 0.675 bits per heavy atom. The van der Waals surface area contributed by atoms with E-state index in [1.165, 1.54) is 76.5 Å². The average molecular weight is 507 g/mol. The number of benzene rings is 8.